The Hall–Kier alpha value is -3.72. The molecule has 4 aliphatic rings. The number of anilines is 4. The average Bonchev–Trinajstić information content (AvgIpc) is 2.89. The second-order valence-electron chi connectivity index (χ2n) is 9.17. The molecule has 0 atom stereocenters. The number of nitrogens with zero attached hydrogens (tertiary/aromatic N) is 2. The number of fused-ring (bicyclic) bond motifs is 2. The highest BCUT2D eigenvalue weighted by atomic mass is 15.2. The summed E-state index contributed by atoms with van der Waals surface area (Å²) in [5.74, 6) is 0. The summed E-state index contributed by atoms with van der Waals surface area (Å²) in [6.45, 7) is 0.300. The van der Waals surface area contributed by atoms with E-state index in [9.17, 15) is 0 Å². The van der Waals surface area contributed by atoms with Gasteiger partial charge in [-0.25, -0.2) is 0 Å². The summed E-state index contributed by atoms with van der Waals surface area (Å²) in [5, 5.41) is 0. The van der Waals surface area contributed by atoms with E-state index in [-0.39, 0.29) is 0 Å². The van der Waals surface area contributed by atoms with Gasteiger partial charge < -0.3 is 9.80 Å². The van der Waals surface area contributed by atoms with Gasteiger partial charge in [0.05, 0.1) is 0 Å². The molecule has 3 heteroatoms. The number of para-hydroxylation sites is 2. The van der Waals surface area contributed by atoms with Gasteiger partial charge in [0.15, 0.2) is 0 Å². The van der Waals surface area contributed by atoms with E-state index in [1.54, 1.807) is 0 Å². The number of hydrogen-bond donors (Lipinski definition) is 0. The van der Waals surface area contributed by atoms with Crippen LogP contribution in [0.25, 0.3) is 0 Å². The van der Waals surface area contributed by atoms with Gasteiger partial charge in [-0.1, -0.05) is 66.8 Å². The number of benzene rings is 3. The molecule has 0 aromatic heterocycles. The van der Waals surface area contributed by atoms with Crippen molar-refractivity contribution in [2.45, 2.75) is 25.7 Å². The zero-order valence-electron chi connectivity index (χ0n) is 18.6. The average molecular weight is 424 g/mol. The molecule has 3 aromatic carbocycles. The van der Waals surface area contributed by atoms with E-state index in [0.717, 1.165) is 25.7 Å². The van der Waals surface area contributed by atoms with E-state index in [4.69, 9.17) is 0 Å². The minimum absolute atomic E-state index is 0.300. The van der Waals surface area contributed by atoms with E-state index >= 15 is 0 Å². The third-order valence-corrected chi connectivity index (χ3v) is 7.38. The molecular weight excluding hydrogens is 399 g/mol. The first kappa shape index (κ1) is 18.8. The van der Waals surface area contributed by atoms with Crippen LogP contribution < -0.4 is 15.3 Å². The summed E-state index contributed by atoms with van der Waals surface area (Å²) in [4.78, 5) is 5.05. The second kappa shape index (κ2) is 7.42. The third kappa shape index (κ3) is 2.75. The summed E-state index contributed by atoms with van der Waals surface area (Å²) in [6.07, 6.45) is 13.9. The molecule has 0 fully saturated rings. The molecule has 2 aliphatic carbocycles. The van der Waals surface area contributed by atoms with Crippen LogP contribution >= 0.6 is 0 Å². The SMILES string of the molecule is C1=CC2=C(CC1)N(c1ccccc1)c1cccc3c1B2C1=C(CCC=C1)N3c1ccccc1. The molecule has 2 aliphatic heterocycles. The zero-order valence-corrected chi connectivity index (χ0v) is 18.6. The van der Waals surface area contributed by atoms with E-state index in [0.29, 0.717) is 6.71 Å². The standard InChI is InChI=1S/C30H25BN2/c1-3-12-22(13-4-1)32-26-18-9-7-16-24(26)31-25-17-8-10-19-27(25)33(23-14-5-2-6-15-23)29-21-11-20-28(32)30(29)31/h1-8,11-17,20-21H,9-10,18-19H2. The molecule has 158 valence electrons. The molecule has 0 spiro atoms. The van der Waals surface area contributed by atoms with Crippen molar-refractivity contribution in [1.29, 1.82) is 0 Å². The van der Waals surface area contributed by atoms with Gasteiger partial charge in [0.25, 0.3) is 6.71 Å². The topological polar surface area (TPSA) is 6.48 Å². The normalized spacial score (nSPS) is 18.4. The van der Waals surface area contributed by atoms with Gasteiger partial charge in [-0.2, -0.15) is 0 Å². The van der Waals surface area contributed by atoms with Crippen LogP contribution in [0.1, 0.15) is 25.7 Å². The van der Waals surface area contributed by atoms with Crippen LogP contribution in [-0.2, 0) is 0 Å². The molecular formula is C30H25BN2. The molecule has 7 rings (SSSR count). The summed E-state index contributed by atoms with van der Waals surface area (Å²) >= 11 is 0. The molecule has 0 saturated carbocycles. The van der Waals surface area contributed by atoms with Crippen molar-refractivity contribution in [3.63, 3.8) is 0 Å². The monoisotopic (exact) mass is 424 g/mol. The molecule has 0 saturated heterocycles. The van der Waals surface area contributed by atoms with Crippen molar-refractivity contribution >= 4 is 34.9 Å². The van der Waals surface area contributed by atoms with E-state index in [1.165, 1.54) is 50.6 Å². The van der Waals surface area contributed by atoms with Crippen LogP contribution in [-0.4, -0.2) is 6.71 Å². The second-order valence-corrected chi connectivity index (χ2v) is 9.17. The van der Waals surface area contributed by atoms with Crippen molar-refractivity contribution in [3.8, 4) is 0 Å². The maximum Gasteiger partial charge on any atom is 0.251 e. The van der Waals surface area contributed by atoms with Gasteiger partial charge in [0.1, 0.15) is 0 Å². The fourth-order valence-corrected chi connectivity index (χ4v) is 6.09. The largest absolute Gasteiger partial charge is 0.315 e. The first-order chi connectivity index (χ1) is 16.4. The van der Waals surface area contributed by atoms with Gasteiger partial charge in [0.2, 0.25) is 0 Å². The zero-order chi connectivity index (χ0) is 21.8. The predicted molar refractivity (Wildman–Crippen MR) is 140 cm³/mol. The third-order valence-electron chi connectivity index (χ3n) is 7.38. The van der Waals surface area contributed by atoms with Crippen molar-refractivity contribution in [2.75, 3.05) is 9.80 Å². The smallest absolute Gasteiger partial charge is 0.251 e. The van der Waals surface area contributed by atoms with Crippen LogP contribution in [0.4, 0.5) is 22.7 Å². The molecule has 0 radical (unpaired) electrons. The van der Waals surface area contributed by atoms with Crippen molar-refractivity contribution in [2.24, 2.45) is 0 Å². The first-order valence-electron chi connectivity index (χ1n) is 12.0. The fraction of sp³-hybridized carbons (Fsp3) is 0.133. The molecule has 0 N–H and O–H groups in total. The maximum atomic E-state index is 2.52. The van der Waals surface area contributed by atoms with Gasteiger partial charge in [0, 0.05) is 34.1 Å². The van der Waals surface area contributed by atoms with Gasteiger partial charge in [-0.3, -0.25) is 0 Å². The lowest BCUT2D eigenvalue weighted by atomic mass is 9.31. The molecule has 2 heterocycles. The lowest BCUT2D eigenvalue weighted by Crippen LogP contribution is -2.50. The number of rotatable bonds is 2. The van der Waals surface area contributed by atoms with E-state index in [2.05, 4.69) is 113 Å². The predicted octanol–water partition coefficient (Wildman–Crippen LogP) is 6.98. The first-order valence-corrected chi connectivity index (χ1v) is 12.0. The van der Waals surface area contributed by atoms with Crippen LogP contribution in [0.3, 0.4) is 0 Å². The quantitative estimate of drug-likeness (QED) is 0.410. The Bertz CT molecular complexity index is 1260. The van der Waals surface area contributed by atoms with Gasteiger partial charge >= 0.3 is 0 Å². The molecule has 33 heavy (non-hydrogen) atoms. The Morgan fingerprint density at radius 3 is 1.52 bits per heavy atom. The molecule has 0 unspecified atom stereocenters. The summed E-state index contributed by atoms with van der Waals surface area (Å²) in [7, 11) is 0. The van der Waals surface area contributed by atoms with Crippen molar-refractivity contribution in [3.05, 3.63) is 126 Å². The summed E-state index contributed by atoms with van der Waals surface area (Å²) in [6, 6.07) is 28.7. The number of allylic oxidation sites excluding steroid dienone is 8. The van der Waals surface area contributed by atoms with Crippen molar-refractivity contribution in [1.82, 2.24) is 0 Å². The molecule has 0 bridgehead atoms. The summed E-state index contributed by atoms with van der Waals surface area (Å²) < 4.78 is 0. The minimum Gasteiger partial charge on any atom is -0.315 e. The van der Waals surface area contributed by atoms with Gasteiger partial charge in [-0.15, -0.1) is 0 Å². The number of hydrogen-bond acceptors (Lipinski definition) is 2. The van der Waals surface area contributed by atoms with E-state index in [1.807, 2.05) is 0 Å². The Morgan fingerprint density at radius 2 is 1.03 bits per heavy atom. The van der Waals surface area contributed by atoms with Crippen LogP contribution in [0, 0.1) is 0 Å². The highest BCUT2D eigenvalue weighted by Crippen LogP contribution is 2.47. The lowest BCUT2D eigenvalue weighted by molar-refractivity contribution is 0.893. The van der Waals surface area contributed by atoms with E-state index < -0.39 is 0 Å². The lowest BCUT2D eigenvalue weighted by Gasteiger charge is -2.46. The molecule has 2 nitrogen and oxygen atoms in total. The highest BCUT2D eigenvalue weighted by Gasteiger charge is 2.44. The van der Waals surface area contributed by atoms with Crippen LogP contribution in [0.2, 0.25) is 0 Å². The maximum absolute atomic E-state index is 2.52. The minimum atomic E-state index is 0.300. The Kier molecular flexibility index (Phi) is 4.23. The van der Waals surface area contributed by atoms with Crippen LogP contribution in [0.5, 0.6) is 0 Å². The Morgan fingerprint density at radius 1 is 0.545 bits per heavy atom. The Balaban J connectivity index is 1.56. The molecule has 3 aromatic rings. The highest BCUT2D eigenvalue weighted by molar-refractivity contribution is 6.90. The van der Waals surface area contributed by atoms with Crippen LogP contribution in [0.15, 0.2) is 126 Å². The molecule has 0 amide bonds. The Labute approximate surface area is 195 Å². The van der Waals surface area contributed by atoms with Crippen molar-refractivity contribution < 1.29 is 0 Å². The fourth-order valence-electron chi connectivity index (χ4n) is 6.09. The summed E-state index contributed by atoms with van der Waals surface area (Å²) in [5.41, 5.74) is 12.4. The van der Waals surface area contributed by atoms with Gasteiger partial charge in [-0.05, 0) is 78.5 Å².